The molecule has 204 valence electrons. The van der Waals surface area contributed by atoms with Crippen LogP contribution < -0.4 is 16.4 Å². The number of rotatable bonds is 7. The lowest BCUT2D eigenvalue weighted by atomic mass is 9.96. The van der Waals surface area contributed by atoms with E-state index in [2.05, 4.69) is 20.0 Å². The van der Waals surface area contributed by atoms with Crippen LogP contribution in [0.5, 0.6) is 0 Å². The number of H-pyrrole nitrogens is 1. The molecule has 5 rings (SSSR count). The van der Waals surface area contributed by atoms with Crippen molar-refractivity contribution < 1.29 is 33.6 Å². The maximum Gasteiger partial charge on any atom is 0.327 e. The predicted molar refractivity (Wildman–Crippen MR) is 137 cm³/mol. The molecular weight excluding hydrogens is 539 g/mol. The SMILES string of the molecule is CC(OC(=O)C1CSP(=O)(OC[C@H]2OC(n3cnc4c(=O)[nH]c(N)nc43)[C@](C)(O)[C@@H]2O)N1)c1ccccc1. The predicted octanol–water partition coefficient (Wildman–Crippen LogP) is 0.845. The number of aliphatic hydroxyl groups is 2. The van der Waals surface area contributed by atoms with Crippen molar-refractivity contribution >= 4 is 41.2 Å². The number of imidazole rings is 1. The van der Waals surface area contributed by atoms with Crippen LogP contribution in [-0.4, -0.2) is 71.9 Å². The Bertz CT molecular complexity index is 1450. The molecule has 0 saturated carbocycles. The molecule has 38 heavy (non-hydrogen) atoms. The molecule has 2 fully saturated rings. The van der Waals surface area contributed by atoms with Crippen molar-refractivity contribution in [1.82, 2.24) is 24.6 Å². The normalized spacial score (nSPS) is 32.0. The number of hydrogen-bond donors (Lipinski definition) is 5. The number of nitrogens with zero attached hydrogens (tertiary/aromatic N) is 3. The van der Waals surface area contributed by atoms with Crippen LogP contribution in [0, 0.1) is 0 Å². The minimum Gasteiger partial charge on any atom is -0.457 e. The van der Waals surface area contributed by atoms with Gasteiger partial charge in [0.1, 0.15) is 30.0 Å². The van der Waals surface area contributed by atoms with Gasteiger partial charge in [-0.3, -0.25) is 23.7 Å². The molecule has 6 N–H and O–H groups in total. The molecule has 0 bridgehead atoms. The number of esters is 1. The average Bonchev–Trinajstić information content (AvgIpc) is 3.54. The van der Waals surface area contributed by atoms with Gasteiger partial charge < -0.3 is 29.9 Å². The van der Waals surface area contributed by atoms with E-state index in [0.29, 0.717) is 0 Å². The van der Waals surface area contributed by atoms with E-state index < -0.39 is 54.4 Å². The Morgan fingerprint density at radius 1 is 1.42 bits per heavy atom. The third-order valence-corrected chi connectivity index (χ3v) is 10.5. The molecule has 2 saturated heterocycles. The molecule has 3 aromatic rings. The van der Waals surface area contributed by atoms with Crippen LogP contribution >= 0.6 is 18.1 Å². The fraction of sp³-hybridized carbons (Fsp3) is 0.455. The Hall–Kier alpha value is -2.78. The van der Waals surface area contributed by atoms with Crippen LogP contribution in [0.4, 0.5) is 5.95 Å². The van der Waals surface area contributed by atoms with Crippen molar-refractivity contribution in [2.75, 3.05) is 18.1 Å². The molecule has 14 nitrogen and oxygen atoms in total. The molecule has 0 amide bonds. The first-order chi connectivity index (χ1) is 18.0. The van der Waals surface area contributed by atoms with Gasteiger partial charge in [-0.05, 0) is 19.4 Å². The quantitative estimate of drug-likeness (QED) is 0.199. The summed E-state index contributed by atoms with van der Waals surface area (Å²) < 4.78 is 31.5. The van der Waals surface area contributed by atoms with E-state index in [0.717, 1.165) is 16.9 Å². The molecule has 1 aromatic carbocycles. The van der Waals surface area contributed by atoms with E-state index in [1.54, 1.807) is 6.92 Å². The van der Waals surface area contributed by atoms with E-state index in [-0.39, 0.29) is 29.5 Å². The monoisotopic (exact) mass is 566 g/mol. The number of carbonyl (C=O) groups is 1. The van der Waals surface area contributed by atoms with Crippen molar-refractivity contribution in [2.45, 2.75) is 50.0 Å². The van der Waals surface area contributed by atoms with Gasteiger partial charge in [0.15, 0.2) is 17.4 Å². The maximum absolute atomic E-state index is 13.2. The minimum absolute atomic E-state index is 0.0247. The number of fused-ring (bicyclic) bond motifs is 1. The van der Waals surface area contributed by atoms with Crippen LogP contribution in [0.15, 0.2) is 41.5 Å². The number of nitrogens with one attached hydrogen (secondary N) is 2. The highest BCUT2D eigenvalue weighted by molar-refractivity contribution is 8.56. The summed E-state index contributed by atoms with van der Waals surface area (Å²) in [5.74, 6) is -0.561. The summed E-state index contributed by atoms with van der Waals surface area (Å²) in [7, 11) is 0. The molecule has 7 atom stereocenters. The number of nitrogens with two attached hydrogens (primary N) is 1. The molecule has 2 aromatic heterocycles. The van der Waals surface area contributed by atoms with Crippen LogP contribution in [-0.2, 0) is 23.4 Å². The molecule has 16 heteroatoms. The van der Waals surface area contributed by atoms with Crippen LogP contribution in [0.3, 0.4) is 0 Å². The first kappa shape index (κ1) is 26.8. The smallest absolute Gasteiger partial charge is 0.327 e. The molecule has 2 aliphatic rings. The van der Waals surface area contributed by atoms with Crippen molar-refractivity contribution in [3.05, 3.63) is 52.6 Å². The summed E-state index contributed by atoms with van der Waals surface area (Å²) in [6.45, 7) is -0.825. The van der Waals surface area contributed by atoms with Crippen LogP contribution in [0.25, 0.3) is 11.2 Å². The number of ether oxygens (including phenoxy) is 2. The third kappa shape index (κ3) is 4.98. The first-order valence-corrected chi connectivity index (χ1v) is 14.9. The Kier molecular flexibility index (Phi) is 7.11. The summed E-state index contributed by atoms with van der Waals surface area (Å²) in [5, 5.41) is 24.5. The minimum atomic E-state index is -3.55. The number of aliphatic hydroxyl groups excluding tert-OH is 1. The van der Waals surface area contributed by atoms with E-state index in [4.69, 9.17) is 19.7 Å². The summed E-state index contributed by atoms with van der Waals surface area (Å²) in [6, 6.07) is 8.37. The van der Waals surface area contributed by atoms with Gasteiger partial charge in [-0.15, -0.1) is 0 Å². The Balaban J connectivity index is 1.23. The fourth-order valence-corrected chi connectivity index (χ4v) is 8.23. The zero-order valence-electron chi connectivity index (χ0n) is 20.4. The number of anilines is 1. The number of benzene rings is 1. The zero-order chi connectivity index (χ0) is 27.2. The topological polar surface area (TPSA) is 204 Å². The second kappa shape index (κ2) is 10.1. The second-order valence-electron chi connectivity index (χ2n) is 9.23. The molecule has 2 aliphatic heterocycles. The van der Waals surface area contributed by atoms with Gasteiger partial charge >= 0.3 is 12.7 Å². The third-order valence-electron chi connectivity index (χ3n) is 6.44. The second-order valence-corrected chi connectivity index (χ2v) is 13.6. The lowest BCUT2D eigenvalue weighted by Gasteiger charge is -2.27. The summed E-state index contributed by atoms with van der Waals surface area (Å²) in [4.78, 5) is 35.1. The van der Waals surface area contributed by atoms with Gasteiger partial charge in [-0.1, -0.05) is 41.7 Å². The molecule has 0 radical (unpaired) electrons. The number of aromatic amines is 1. The van der Waals surface area contributed by atoms with Crippen LogP contribution in [0.2, 0.25) is 0 Å². The Morgan fingerprint density at radius 2 is 2.16 bits per heavy atom. The highest BCUT2D eigenvalue weighted by atomic mass is 32.7. The largest absolute Gasteiger partial charge is 0.457 e. The van der Waals surface area contributed by atoms with E-state index >= 15 is 0 Å². The van der Waals surface area contributed by atoms with Crippen molar-refractivity contribution in [3.8, 4) is 0 Å². The lowest BCUT2D eigenvalue weighted by molar-refractivity contribution is -0.150. The molecular formula is C22H27N6O8PS. The van der Waals surface area contributed by atoms with Gasteiger partial charge in [0.2, 0.25) is 5.95 Å². The molecule has 0 aliphatic carbocycles. The molecule has 0 spiro atoms. The van der Waals surface area contributed by atoms with Crippen molar-refractivity contribution in [3.63, 3.8) is 0 Å². The highest BCUT2D eigenvalue weighted by Gasteiger charge is 2.54. The van der Waals surface area contributed by atoms with Crippen LogP contribution in [0.1, 0.15) is 31.7 Å². The number of hydrogen-bond acceptors (Lipinski definition) is 12. The fourth-order valence-electron chi connectivity index (χ4n) is 4.35. The van der Waals surface area contributed by atoms with E-state index in [1.165, 1.54) is 17.8 Å². The zero-order valence-corrected chi connectivity index (χ0v) is 22.1. The van der Waals surface area contributed by atoms with E-state index in [1.807, 2.05) is 30.3 Å². The standard InChI is InChI=1S/C22H27N6O8PS/c1-11(12-6-4-3-5-7-12)35-19(31)13-9-38-37(33,27-13)34-8-14-16(29)22(2,32)20(36-14)28-10-24-15-17(28)25-21(23)26-18(15)30/h3-7,10-11,13-14,16,20,29,32H,8-9H2,1-2H3,(H,27,33)(H3,23,25,26,30)/t11?,13?,14-,16-,20?,22-,37?/m1/s1. The molecule has 4 heterocycles. The Morgan fingerprint density at radius 3 is 2.89 bits per heavy atom. The number of nitrogen functional groups attached to an aromatic ring is 1. The van der Waals surface area contributed by atoms with Gasteiger partial charge in [0, 0.05) is 5.75 Å². The van der Waals surface area contributed by atoms with Gasteiger partial charge in [-0.2, -0.15) is 4.98 Å². The Labute approximate surface area is 220 Å². The summed E-state index contributed by atoms with van der Waals surface area (Å²) in [5.41, 5.74) is 4.07. The summed E-state index contributed by atoms with van der Waals surface area (Å²) in [6.07, 6.45) is -3.03. The van der Waals surface area contributed by atoms with Gasteiger partial charge in [-0.25, -0.2) is 10.1 Å². The van der Waals surface area contributed by atoms with Gasteiger partial charge in [0.05, 0.1) is 12.9 Å². The number of aromatic nitrogens is 4. The van der Waals surface area contributed by atoms with E-state index in [9.17, 15) is 24.4 Å². The highest BCUT2D eigenvalue weighted by Crippen LogP contribution is 2.61. The first-order valence-electron chi connectivity index (χ1n) is 11.7. The average molecular weight is 567 g/mol. The maximum atomic E-state index is 13.2. The molecule has 4 unspecified atom stereocenters. The lowest BCUT2D eigenvalue weighted by Crippen LogP contribution is -2.44. The van der Waals surface area contributed by atoms with Crippen molar-refractivity contribution in [2.24, 2.45) is 0 Å². The summed E-state index contributed by atoms with van der Waals surface area (Å²) >= 11 is 0.937. The van der Waals surface area contributed by atoms with Crippen molar-refractivity contribution in [1.29, 1.82) is 0 Å². The number of carbonyl (C=O) groups excluding carboxylic acids is 1. The van der Waals surface area contributed by atoms with Gasteiger partial charge in [0.25, 0.3) is 5.56 Å².